The number of fused-ring (bicyclic) bond motifs is 1. The maximum absolute atomic E-state index is 14.4. The number of halogens is 1. The molecule has 4 rings (SSSR count). The number of methoxy groups -OCH3 is 2. The first-order valence-electron chi connectivity index (χ1n) is 11.6. The first-order valence-corrected chi connectivity index (χ1v) is 11.6. The summed E-state index contributed by atoms with van der Waals surface area (Å²) in [6.45, 7) is 6.85. The predicted molar refractivity (Wildman–Crippen MR) is 133 cm³/mol. The van der Waals surface area contributed by atoms with E-state index in [1.54, 1.807) is 25.4 Å². The van der Waals surface area contributed by atoms with Crippen molar-refractivity contribution in [2.24, 2.45) is 0 Å². The zero-order valence-electron chi connectivity index (χ0n) is 20.7. The lowest BCUT2D eigenvalue weighted by molar-refractivity contribution is 0.0497. The summed E-state index contributed by atoms with van der Waals surface area (Å²) in [4.78, 5) is 23.7. The van der Waals surface area contributed by atoms with Gasteiger partial charge in [0.1, 0.15) is 22.7 Å². The van der Waals surface area contributed by atoms with Crippen LogP contribution in [0.2, 0.25) is 0 Å². The van der Waals surface area contributed by atoms with E-state index in [1.807, 2.05) is 26.8 Å². The number of benzene rings is 1. The summed E-state index contributed by atoms with van der Waals surface area (Å²) in [5.41, 5.74) is 3.06. The van der Waals surface area contributed by atoms with Gasteiger partial charge in [0.2, 0.25) is 5.88 Å². The van der Waals surface area contributed by atoms with Crippen LogP contribution in [0.15, 0.2) is 36.5 Å². The smallest absolute Gasteiger partial charge is 0.407 e. The fourth-order valence-electron chi connectivity index (χ4n) is 4.24. The number of nitrogens with zero attached hydrogens (tertiary/aromatic N) is 3. The van der Waals surface area contributed by atoms with E-state index in [-0.39, 0.29) is 6.04 Å². The molecule has 2 aromatic heterocycles. The molecule has 1 fully saturated rings. The lowest BCUT2D eigenvalue weighted by Gasteiger charge is -2.35. The molecular weight excluding hydrogens is 451 g/mol. The van der Waals surface area contributed by atoms with Gasteiger partial charge in [-0.3, -0.25) is 4.98 Å². The highest BCUT2D eigenvalue weighted by Crippen LogP contribution is 2.39. The summed E-state index contributed by atoms with van der Waals surface area (Å²) in [5, 5.41) is 2.97. The van der Waals surface area contributed by atoms with Crippen molar-refractivity contribution in [3.05, 3.63) is 42.3 Å². The molecule has 0 aliphatic carbocycles. The highest BCUT2D eigenvalue weighted by atomic mass is 19.1. The molecule has 1 aliphatic heterocycles. The summed E-state index contributed by atoms with van der Waals surface area (Å²) in [7, 11) is 3.07. The molecule has 1 aromatic carbocycles. The number of pyridine rings is 2. The number of rotatable bonds is 5. The van der Waals surface area contributed by atoms with E-state index in [4.69, 9.17) is 14.2 Å². The number of nitrogens with one attached hydrogen (secondary N) is 1. The molecule has 0 bridgehead atoms. The van der Waals surface area contributed by atoms with Crippen molar-refractivity contribution in [3.8, 4) is 22.8 Å². The monoisotopic (exact) mass is 482 g/mol. The number of hydrogen-bond donors (Lipinski definition) is 1. The van der Waals surface area contributed by atoms with Gasteiger partial charge in [-0.1, -0.05) is 0 Å². The summed E-state index contributed by atoms with van der Waals surface area (Å²) < 4.78 is 30.5. The molecular formula is C26H31FN4O4. The number of anilines is 1. The van der Waals surface area contributed by atoms with E-state index >= 15 is 0 Å². The second-order valence-corrected chi connectivity index (χ2v) is 9.53. The molecule has 1 N–H and O–H groups in total. The van der Waals surface area contributed by atoms with Crippen molar-refractivity contribution in [1.29, 1.82) is 0 Å². The molecule has 0 unspecified atom stereocenters. The molecule has 0 saturated carbocycles. The average Bonchev–Trinajstić information content (AvgIpc) is 2.81. The number of alkyl carbamates (subject to hydrolysis) is 1. The quantitative estimate of drug-likeness (QED) is 0.551. The van der Waals surface area contributed by atoms with Crippen LogP contribution in [0, 0.1) is 5.82 Å². The third kappa shape index (κ3) is 5.72. The van der Waals surface area contributed by atoms with Crippen molar-refractivity contribution >= 4 is 22.8 Å². The van der Waals surface area contributed by atoms with Gasteiger partial charge in [0, 0.05) is 43.0 Å². The van der Waals surface area contributed by atoms with Crippen LogP contribution in [0.3, 0.4) is 0 Å². The first-order chi connectivity index (χ1) is 16.7. The van der Waals surface area contributed by atoms with E-state index in [2.05, 4.69) is 20.2 Å². The number of piperidine rings is 1. The third-order valence-electron chi connectivity index (χ3n) is 5.82. The van der Waals surface area contributed by atoms with Crippen LogP contribution in [0.1, 0.15) is 33.6 Å². The minimum Gasteiger partial charge on any atom is -0.497 e. The van der Waals surface area contributed by atoms with Crippen molar-refractivity contribution in [1.82, 2.24) is 15.3 Å². The van der Waals surface area contributed by atoms with Gasteiger partial charge in [0.25, 0.3) is 0 Å². The third-order valence-corrected chi connectivity index (χ3v) is 5.82. The molecule has 3 heterocycles. The van der Waals surface area contributed by atoms with Crippen LogP contribution in [0.5, 0.6) is 11.6 Å². The highest BCUT2D eigenvalue weighted by molar-refractivity contribution is 5.97. The van der Waals surface area contributed by atoms with Gasteiger partial charge in [0.15, 0.2) is 0 Å². The average molecular weight is 483 g/mol. The summed E-state index contributed by atoms with van der Waals surface area (Å²) in [6, 6.07) is 8.21. The topological polar surface area (TPSA) is 85.8 Å². The van der Waals surface area contributed by atoms with E-state index in [0.717, 1.165) is 24.1 Å². The van der Waals surface area contributed by atoms with Crippen LogP contribution in [0.4, 0.5) is 14.9 Å². The maximum atomic E-state index is 14.4. The highest BCUT2D eigenvalue weighted by Gasteiger charge is 2.27. The minimum absolute atomic E-state index is 0.00518. The Morgan fingerprint density at radius 1 is 1.11 bits per heavy atom. The number of ether oxygens (including phenoxy) is 3. The van der Waals surface area contributed by atoms with E-state index in [9.17, 15) is 9.18 Å². The molecule has 0 spiro atoms. The fraction of sp³-hybridized carbons (Fsp3) is 0.423. The van der Waals surface area contributed by atoms with Gasteiger partial charge in [0.05, 0.1) is 25.4 Å². The number of amides is 1. The molecule has 1 amide bonds. The van der Waals surface area contributed by atoms with E-state index in [0.29, 0.717) is 41.3 Å². The van der Waals surface area contributed by atoms with Crippen molar-refractivity contribution in [2.75, 3.05) is 32.2 Å². The van der Waals surface area contributed by atoms with Crippen molar-refractivity contribution < 1.29 is 23.4 Å². The Morgan fingerprint density at radius 3 is 2.51 bits per heavy atom. The zero-order chi connectivity index (χ0) is 25.2. The molecule has 35 heavy (non-hydrogen) atoms. The largest absolute Gasteiger partial charge is 0.497 e. The number of carbonyl (C=O) groups excluding carboxylic acids is 1. The van der Waals surface area contributed by atoms with Gasteiger partial charge in [-0.05, 0) is 57.4 Å². The maximum Gasteiger partial charge on any atom is 0.407 e. The van der Waals surface area contributed by atoms with Crippen LogP contribution in [0.25, 0.3) is 22.2 Å². The Hall–Kier alpha value is -3.62. The second-order valence-electron chi connectivity index (χ2n) is 9.53. The zero-order valence-corrected chi connectivity index (χ0v) is 20.7. The Labute approximate surface area is 204 Å². The number of hydrogen-bond acceptors (Lipinski definition) is 7. The van der Waals surface area contributed by atoms with Gasteiger partial charge >= 0.3 is 6.09 Å². The van der Waals surface area contributed by atoms with Crippen LogP contribution < -0.4 is 19.7 Å². The lowest BCUT2D eigenvalue weighted by Crippen LogP contribution is -2.46. The Kier molecular flexibility index (Phi) is 6.95. The van der Waals surface area contributed by atoms with Gasteiger partial charge in [-0.25, -0.2) is 14.2 Å². The normalized spacial score (nSPS) is 14.6. The molecule has 186 valence electrons. The van der Waals surface area contributed by atoms with E-state index in [1.165, 1.54) is 19.2 Å². The van der Waals surface area contributed by atoms with Crippen molar-refractivity contribution in [2.45, 2.75) is 45.3 Å². The van der Waals surface area contributed by atoms with Gasteiger partial charge < -0.3 is 24.4 Å². The predicted octanol–water partition coefficient (Wildman–Crippen LogP) is 4.95. The van der Waals surface area contributed by atoms with Crippen LogP contribution in [-0.4, -0.2) is 55.0 Å². The summed E-state index contributed by atoms with van der Waals surface area (Å²) >= 11 is 0. The molecule has 8 nitrogen and oxygen atoms in total. The Balaban J connectivity index is 1.69. The van der Waals surface area contributed by atoms with Gasteiger partial charge in [-0.15, -0.1) is 0 Å². The first kappa shape index (κ1) is 24.5. The van der Waals surface area contributed by atoms with Crippen LogP contribution >= 0.6 is 0 Å². The minimum atomic E-state index is -0.549. The van der Waals surface area contributed by atoms with E-state index < -0.39 is 17.5 Å². The van der Waals surface area contributed by atoms with Crippen molar-refractivity contribution in [3.63, 3.8) is 0 Å². The molecule has 0 radical (unpaired) electrons. The fourth-order valence-corrected chi connectivity index (χ4v) is 4.24. The van der Waals surface area contributed by atoms with Gasteiger partial charge in [-0.2, -0.15) is 0 Å². The molecule has 1 saturated heterocycles. The summed E-state index contributed by atoms with van der Waals surface area (Å²) in [6.07, 6.45) is 2.77. The number of aromatic nitrogens is 2. The van der Waals surface area contributed by atoms with Crippen LogP contribution in [-0.2, 0) is 4.74 Å². The Bertz CT molecular complexity index is 1220. The Morgan fingerprint density at radius 2 is 1.86 bits per heavy atom. The molecule has 9 heteroatoms. The standard InChI is InChI=1S/C26H31FN4O4/c1-26(2,3)35-25(32)29-18-8-10-31(11-9-18)24-20(16-12-17(27)14-19(13-16)33-4)15-28-21-6-7-22(34-5)30-23(21)24/h6-7,12-15,18H,8-11H2,1-5H3,(H,29,32). The summed E-state index contributed by atoms with van der Waals surface area (Å²) in [5.74, 6) is 0.491. The lowest BCUT2D eigenvalue weighted by atomic mass is 9.99. The molecule has 3 aromatic rings. The molecule has 1 aliphatic rings. The SMILES string of the molecule is COc1cc(F)cc(-c2cnc3ccc(OC)nc3c2N2CCC(NC(=O)OC(C)(C)C)CC2)c1. The second kappa shape index (κ2) is 9.93. The molecule has 0 atom stereocenters. The number of carbonyl (C=O) groups is 1.